The number of nitrogens with zero attached hydrogens (tertiary/aromatic N) is 4. The lowest BCUT2D eigenvalue weighted by Crippen LogP contribution is -2.22. The van der Waals surface area contributed by atoms with E-state index < -0.39 is 7.60 Å². The summed E-state index contributed by atoms with van der Waals surface area (Å²) in [6.07, 6.45) is 0. The van der Waals surface area contributed by atoms with Crippen LogP contribution in [0.4, 0.5) is 0 Å². The van der Waals surface area contributed by atoms with Crippen molar-refractivity contribution in [1.29, 1.82) is 0 Å². The molecule has 25 heavy (non-hydrogen) atoms. The molecule has 7 nitrogen and oxygen atoms in total. The maximum absolute atomic E-state index is 13.3. The molecule has 0 saturated carbocycles. The smallest absolute Gasteiger partial charge is 0.304 e. The van der Waals surface area contributed by atoms with Gasteiger partial charge in [-0.05, 0) is 36.7 Å². The van der Waals surface area contributed by atoms with Crippen molar-refractivity contribution >= 4 is 34.6 Å². The first-order chi connectivity index (χ1) is 12.0. The second-order valence-electron chi connectivity index (χ2n) is 5.21. The molecule has 3 rings (SSSR count). The van der Waals surface area contributed by atoms with Crippen molar-refractivity contribution < 1.29 is 13.6 Å². The van der Waals surface area contributed by atoms with E-state index >= 15 is 0 Å². The van der Waals surface area contributed by atoms with E-state index in [0.29, 0.717) is 11.3 Å². The lowest BCUT2D eigenvalue weighted by Gasteiger charge is -2.19. The molecule has 1 aromatic carbocycles. The van der Waals surface area contributed by atoms with Crippen LogP contribution in [0, 0.1) is 6.92 Å². The fraction of sp³-hybridized carbons (Fsp3) is 0.312. The lowest BCUT2D eigenvalue weighted by molar-refractivity contribution is 0.229. The highest BCUT2D eigenvalue weighted by atomic mass is 79.9. The Morgan fingerprint density at radius 3 is 2.36 bits per heavy atom. The summed E-state index contributed by atoms with van der Waals surface area (Å²) in [6.45, 7) is 5.83. The standard InChI is InChI=1S/C16H18BrN4O3P/c1-4-23-25(22,24-5-2)16-14(12-9-7-6-8-10-12)21-15(18-19-16)13(17)11(3)20-21/h6-10H,4-5H2,1-3H3. The average Bonchev–Trinajstić information content (AvgIpc) is 2.90. The van der Waals surface area contributed by atoms with E-state index in [1.54, 1.807) is 18.4 Å². The molecule has 0 amide bonds. The molecule has 3 aromatic rings. The van der Waals surface area contributed by atoms with Crippen molar-refractivity contribution in [2.45, 2.75) is 20.8 Å². The number of benzene rings is 1. The van der Waals surface area contributed by atoms with E-state index in [4.69, 9.17) is 9.05 Å². The molecular weight excluding hydrogens is 407 g/mol. The molecule has 0 N–H and O–H groups in total. The van der Waals surface area contributed by atoms with Crippen LogP contribution in [0.3, 0.4) is 0 Å². The Bertz CT molecular complexity index is 935. The number of aromatic nitrogens is 4. The van der Waals surface area contributed by atoms with Crippen molar-refractivity contribution in [1.82, 2.24) is 19.8 Å². The molecule has 132 valence electrons. The third-order valence-corrected chi connectivity index (χ3v) is 6.48. The zero-order valence-electron chi connectivity index (χ0n) is 14.1. The molecule has 0 radical (unpaired) electrons. The van der Waals surface area contributed by atoms with Gasteiger partial charge < -0.3 is 9.05 Å². The van der Waals surface area contributed by atoms with Crippen LogP contribution < -0.4 is 5.44 Å². The molecule has 0 unspecified atom stereocenters. The second kappa shape index (κ2) is 7.33. The molecule has 0 saturated heterocycles. The van der Waals surface area contributed by atoms with Crippen LogP contribution >= 0.6 is 23.5 Å². The summed E-state index contributed by atoms with van der Waals surface area (Å²) in [5.41, 5.74) is 2.80. The minimum absolute atomic E-state index is 0.157. The molecule has 9 heteroatoms. The van der Waals surface area contributed by atoms with Gasteiger partial charge in [0.25, 0.3) is 0 Å². The zero-order valence-corrected chi connectivity index (χ0v) is 16.6. The molecule has 0 bridgehead atoms. The van der Waals surface area contributed by atoms with Gasteiger partial charge in [-0.3, -0.25) is 4.57 Å². The first-order valence-corrected chi connectivity index (χ1v) is 10.2. The van der Waals surface area contributed by atoms with Crippen LogP contribution in [0.2, 0.25) is 0 Å². The first-order valence-electron chi connectivity index (χ1n) is 7.88. The van der Waals surface area contributed by atoms with Gasteiger partial charge in [-0.2, -0.15) is 5.10 Å². The Kier molecular flexibility index (Phi) is 5.34. The van der Waals surface area contributed by atoms with E-state index in [1.165, 1.54) is 0 Å². The van der Waals surface area contributed by atoms with Gasteiger partial charge in [-0.15, -0.1) is 10.2 Å². The number of halogens is 1. The molecule has 0 fully saturated rings. The maximum Gasteiger partial charge on any atom is 0.383 e. The number of fused-ring (bicyclic) bond motifs is 1. The van der Waals surface area contributed by atoms with Gasteiger partial charge in [0.05, 0.1) is 23.4 Å². The van der Waals surface area contributed by atoms with Gasteiger partial charge in [0.15, 0.2) is 5.65 Å². The molecule has 0 spiro atoms. The molecule has 2 heterocycles. The van der Waals surface area contributed by atoms with Crippen LogP contribution in [0.25, 0.3) is 16.9 Å². The van der Waals surface area contributed by atoms with E-state index in [-0.39, 0.29) is 18.6 Å². The summed E-state index contributed by atoms with van der Waals surface area (Å²) in [5.74, 6) is 0. The minimum Gasteiger partial charge on any atom is -0.304 e. The van der Waals surface area contributed by atoms with E-state index in [2.05, 4.69) is 31.2 Å². The van der Waals surface area contributed by atoms with Crippen LogP contribution in [-0.4, -0.2) is 33.0 Å². The van der Waals surface area contributed by atoms with Crippen molar-refractivity contribution in [2.75, 3.05) is 13.2 Å². The predicted octanol–water partition coefficient (Wildman–Crippen LogP) is 3.75. The highest BCUT2D eigenvalue weighted by Crippen LogP contribution is 2.48. The Morgan fingerprint density at radius 2 is 1.76 bits per heavy atom. The van der Waals surface area contributed by atoms with Crippen molar-refractivity contribution in [3.63, 3.8) is 0 Å². The lowest BCUT2D eigenvalue weighted by atomic mass is 10.2. The highest BCUT2D eigenvalue weighted by Gasteiger charge is 2.35. The molecule has 0 aliphatic heterocycles. The number of aryl methyl sites for hydroxylation is 1. The van der Waals surface area contributed by atoms with Gasteiger partial charge in [0.2, 0.25) is 5.44 Å². The first kappa shape index (κ1) is 18.2. The fourth-order valence-electron chi connectivity index (χ4n) is 2.51. The SMILES string of the molecule is CCOP(=O)(OCC)c1nnc2c(Br)c(C)nn2c1-c1ccccc1. The summed E-state index contributed by atoms with van der Waals surface area (Å²) in [6, 6.07) is 9.48. The Balaban J connectivity index is 2.38. The van der Waals surface area contributed by atoms with Crippen molar-refractivity contribution in [2.24, 2.45) is 0 Å². The van der Waals surface area contributed by atoms with Crippen molar-refractivity contribution in [3.05, 3.63) is 40.5 Å². The Morgan fingerprint density at radius 1 is 1.12 bits per heavy atom. The van der Waals surface area contributed by atoms with Gasteiger partial charge in [-0.1, -0.05) is 30.3 Å². The van der Waals surface area contributed by atoms with Gasteiger partial charge >= 0.3 is 7.60 Å². The summed E-state index contributed by atoms with van der Waals surface area (Å²) >= 11 is 3.48. The topological polar surface area (TPSA) is 78.6 Å². The van der Waals surface area contributed by atoms with E-state index in [0.717, 1.165) is 15.7 Å². The normalized spacial score (nSPS) is 12.0. The quantitative estimate of drug-likeness (QED) is 0.560. The van der Waals surface area contributed by atoms with Gasteiger partial charge in [0, 0.05) is 5.56 Å². The largest absolute Gasteiger partial charge is 0.383 e. The predicted molar refractivity (Wildman–Crippen MR) is 99.1 cm³/mol. The molecule has 2 aromatic heterocycles. The minimum atomic E-state index is -3.63. The maximum atomic E-state index is 13.3. The number of rotatable bonds is 6. The molecule has 0 aliphatic carbocycles. The zero-order chi connectivity index (χ0) is 18.0. The highest BCUT2D eigenvalue weighted by molar-refractivity contribution is 9.10. The van der Waals surface area contributed by atoms with Gasteiger partial charge in [0.1, 0.15) is 5.69 Å². The average molecular weight is 425 g/mol. The Labute approximate surface area is 154 Å². The van der Waals surface area contributed by atoms with E-state index in [1.807, 2.05) is 37.3 Å². The van der Waals surface area contributed by atoms with Crippen LogP contribution in [0.1, 0.15) is 19.5 Å². The number of hydrogen-bond donors (Lipinski definition) is 0. The molecule has 0 aliphatic rings. The summed E-state index contributed by atoms with van der Waals surface area (Å²) < 4.78 is 26.7. The number of hydrogen-bond acceptors (Lipinski definition) is 6. The fourth-order valence-corrected chi connectivity index (χ4v) is 4.47. The Hall–Kier alpha value is -1.60. The molecule has 0 atom stereocenters. The third-order valence-electron chi connectivity index (χ3n) is 3.53. The van der Waals surface area contributed by atoms with Crippen LogP contribution in [0.5, 0.6) is 0 Å². The van der Waals surface area contributed by atoms with Crippen molar-refractivity contribution in [3.8, 4) is 11.3 Å². The van der Waals surface area contributed by atoms with Crippen LogP contribution in [-0.2, 0) is 13.6 Å². The van der Waals surface area contributed by atoms with Crippen LogP contribution in [0.15, 0.2) is 34.8 Å². The monoisotopic (exact) mass is 424 g/mol. The third kappa shape index (κ3) is 3.27. The summed E-state index contributed by atoms with van der Waals surface area (Å²) in [4.78, 5) is 0. The summed E-state index contributed by atoms with van der Waals surface area (Å²) in [7, 11) is -3.63. The second-order valence-corrected chi connectivity index (χ2v) is 7.93. The van der Waals surface area contributed by atoms with Gasteiger partial charge in [-0.25, -0.2) is 4.52 Å². The summed E-state index contributed by atoms with van der Waals surface area (Å²) in [5, 5.41) is 12.9. The molecular formula is C16H18BrN4O3P. The van der Waals surface area contributed by atoms with E-state index in [9.17, 15) is 4.57 Å².